The van der Waals surface area contributed by atoms with E-state index < -0.39 is 0 Å². The second-order valence-corrected chi connectivity index (χ2v) is 7.69. The van der Waals surface area contributed by atoms with E-state index in [2.05, 4.69) is 22.3 Å². The van der Waals surface area contributed by atoms with Gasteiger partial charge in [0, 0.05) is 49.4 Å². The lowest BCUT2D eigenvalue weighted by molar-refractivity contribution is -0.127. The molecule has 2 aromatic rings. The predicted octanol–water partition coefficient (Wildman–Crippen LogP) is 3.25. The van der Waals surface area contributed by atoms with E-state index in [0.29, 0.717) is 24.6 Å². The lowest BCUT2D eigenvalue weighted by Gasteiger charge is -2.21. The van der Waals surface area contributed by atoms with Crippen molar-refractivity contribution in [3.05, 3.63) is 54.1 Å². The number of methoxy groups -OCH3 is 1. The number of nitrogens with zero attached hydrogens (tertiary/aromatic N) is 2. The summed E-state index contributed by atoms with van der Waals surface area (Å²) in [5, 5.41) is 2.96. The van der Waals surface area contributed by atoms with Crippen molar-refractivity contribution in [2.75, 3.05) is 43.5 Å². The monoisotopic (exact) mass is 393 g/mol. The summed E-state index contributed by atoms with van der Waals surface area (Å²) in [6.07, 6.45) is 2.57. The van der Waals surface area contributed by atoms with Crippen LogP contribution in [-0.2, 0) is 9.59 Å². The van der Waals surface area contributed by atoms with Gasteiger partial charge in [-0.05, 0) is 36.6 Å². The molecule has 0 radical (unpaired) electrons. The minimum atomic E-state index is -0.0524. The Morgan fingerprint density at radius 2 is 2.03 bits per heavy atom. The van der Waals surface area contributed by atoms with Crippen LogP contribution in [0.5, 0.6) is 5.75 Å². The fourth-order valence-electron chi connectivity index (χ4n) is 4.31. The summed E-state index contributed by atoms with van der Waals surface area (Å²) in [5.74, 6) is 1.27. The first-order valence-electron chi connectivity index (χ1n) is 10.2. The first-order chi connectivity index (χ1) is 14.1. The SMILES string of the molecule is COc1cccc(NC(=O)CN2CC(CCN3CCCC3=O)c3ccccc32)c1. The standard InChI is InChI=1S/C23H27N3O3/c1-29-19-7-4-6-18(14-19)24-22(27)16-26-15-17(20-8-2-3-9-21(20)26)11-13-25-12-5-10-23(25)28/h2-4,6-9,14,17H,5,10-13,15-16H2,1H3,(H,24,27). The normalized spacial score (nSPS) is 18.1. The highest BCUT2D eigenvalue weighted by atomic mass is 16.5. The van der Waals surface area contributed by atoms with E-state index in [9.17, 15) is 9.59 Å². The minimum Gasteiger partial charge on any atom is -0.497 e. The zero-order valence-corrected chi connectivity index (χ0v) is 16.8. The molecule has 29 heavy (non-hydrogen) atoms. The third kappa shape index (κ3) is 4.36. The molecule has 2 heterocycles. The number of benzene rings is 2. The van der Waals surface area contributed by atoms with E-state index in [1.807, 2.05) is 41.3 Å². The topological polar surface area (TPSA) is 61.9 Å². The molecule has 0 bridgehead atoms. The van der Waals surface area contributed by atoms with Gasteiger partial charge in [0.05, 0.1) is 13.7 Å². The Morgan fingerprint density at radius 1 is 1.17 bits per heavy atom. The Morgan fingerprint density at radius 3 is 2.83 bits per heavy atom. The molecule has 1 atom stereocenters. The number of carbonyl (C=O) groups is 2. The summed E-state index contributed by atoms with van der Waals surface area (Å²) >= 11 is 0. The molecule has 1 fully saturated rings. The van der Waals surface area contributed by atoms with Crippen LogP contribution in [-0.4, -0.2) is 50.0 Å². The van der Waals surface area contributed by atoms with Gasteiger partial charge in [0.2, 0.25) is 11.8 Å². The number of amides is 2. The molecule has 1 saturated heterocycles. The Hall–Kier alpha value is -3.02. The van der Waals surface area contributed by atoms with Crippen LogP contribution in [0.2, 0.25) is 0 Å². The highest BCUT2D eigenvalue weighted by Gasteiger charge is 2.30. The van der Waals surface area contributed by atoms with Gasteiger partial charge in [0.25, 0.3) is 0 Å². The second kappa shape index (κ2) is 8.55. The Balaban J connectivity index is 1.40. The number of nitrogens with one attached hydrogen (secondary N) is 1. The molecule has 0 aliphatic carbocycles. The van der Waals surface area contributed by atoms with E-state index in [0.717, 1.165) is 43.9 Å². The van der Waals surface area contributed by atoms with Gasteiger partial charge in [-0.3, -0.25) is 9.59 Å². The molecule has 0 spiro atoms. The molecule has 1 N–H and O–H groups in total. The van der Waals surface area contributed by atoms with Crippen molar-refractivity contribution in [3.63, 3.8) is 0 Å². The lowest BCUT2D eigenvalue weighted by atomic mass is 9.98. The van der Waals surface area contributed by atoms with Crippen molar-refractivity contribution in [1.29, 1.82) is 0 Å². The van der Waals surface area contributed by atoms with Crippen molar-refractivity contribution in [2.24, 2.45) is 0 Å². The van der Waals surface area contributed by atoms with Gasteiger partial charge >= 0.3 is 0 Å². The number of likely N-dealkylation sites (tertiary alicyclic amines) is 1. The summed E-state index contributed by atoms with van der Waals surface area (Å²) < 4.78 is 5.22. The summed E-state index contributed by atoms with van der Waals surface area (Å²) in [7, 11) is 1.61. The number of hydrogen-bond acceptors (Lipinski definition) is 4. The van der Waals surface area contributed by atoms with Crippen molar-refractivity contribution in [3.8, 4) is 5.75 Å². The quantitative estimate of drug-likeness (QED) is 0.784. The number of anilines is 2. The van der Waals surface area contributed by atoms with Crippen LogP contribution < -0.4 is 15.0 Å². The summed E-state index contributed by atoms with van der Waals surface area (Å²) in [6, 6.07) is 15.7. The minimum absolute atomic E-state index is 0.0524. The molecule has 2 aromatic carbocycles. The molecule has 1 unspecified atom stereocenters. The van der Waals surface area contributed by atoms with Crippen LogP contribution >= 0.6 is 0 Å². The van der Waals surface area contributed by atoms with Crippen LogP contribution in [0.1, 0.15) is 30.7 Å². The highest BCUT2D eigenvalue weighted by Crippen LogP contribution is 2.38. The van der Waals surface area contributed by atoms with Gasteiger partial charge in [-0.15, -0.1) is 0 Å². The second-order valence-electron chi connectivity index (χ2n) is 7.69. The molecule has 152 valence electrons. The Kier molecular flexibility index (Phi) is 5.69. The van der Waals surface area contributed by atoms with Crippen LogP contribution in [0.25, 0.3) is 0 Å². The lowest BCUT2D eigenvalue weighted by Crippen LogP contribution is -2.33. The molecule has 2 aliphatic rings. The average Bonchev–Trinajstić information content (AvgIpc) is 3.30. The van der Waals surface area contributed by atoms with E-state index in [4.69, 9.17) is 4.74 Å². The summed E-state index contributed by atoms with van der Waals surface area (Å²) in [6.45, 7) is 2.77. The van der Waals surface area contributed by atoms with Gasteiger partial charge in [0.15, 0.2) is 0 Å². The van der Waals surface area contributed by atoms with Crippen LogP contribution in [0, 0.1) is 0 Å². The maximum atomic E-state index is 12.6. The molecule has 2 amide bonds. The zero-order chi connectivity index (χ0) is 20.2. The van der Waals surface area contributed by atoms with Gasteiger partial charge < -0.3 is 19.9 Å². The van der Waals surface area contributed by atoms with Crippen LogP contribution in [0.15, 0.2) is 48.5 Å². The van der Waals surface area contributed by atoms with Crippen LogP contribution in [0.3, 0.4) is 0 Å². The number of fused-ring (bicyclic) bond motifs is 1. The average molecular weight is 393 g/mol. The largest absolute Gasteiger partial charge is 0.497 e. The highest BCUT2D eigenvalue weighted by molar-refractivity contribution is 5.94. The fourth-order valence-corrected chi connectivity index (χ4v) is 4.31. The number of para-hydroxylation sites is 1. The van der Waals surface area contributed by atoms with E-state index >= 15 is 0 Å². The molecular formula is C23H27N3O3. The number of ether oxygens (including phenoxy) is 1. The number of rotatable bonds is 7. The Labute approximate surface area is 171 Å². The molecular weight excluding hydrogens is 366 g/mol. The fraction of sp³-hybridized carbons (Fsp3) is 0.391. The summed E-state index contributed by atoms with van der Waals surface area (Å²) in [5.41, 5.74) is 3.12. The van der Waals surface area contributed by atoms with Crippen molar-refractivity contribution in [1.82, 2.24) is 4.90 Å². The molecule has 0 saturated carbocycles. The van der Waals surface area contributed by atoms with Crippen molar-refractivity contribution < 1.29 is 14.3 Å². The smallest absolute Gasteiger partial charge is 0.243 e. The third-order valence-corrected chi connectivity index (χ3v) is 5.76. The van der Waals surface area contributed by atoms with E-state index in [1.54, 1.807) is 7.11 Å². The Bertz CT molecular complexity index is 898. The first-order valence-corrected chi connectivity index (χ1v) is 10.2. The summed E-state index contributed by atoms with van der Waals surface area (Å²) in [4.78, 5) is 28.7. The predicted molar refractivity (Wildman–Crippen MR) is 113 cm³/mol. The van der Waals surface area contributed by atoms with Gasteiger partial charge in [-0.25, -0.2) is 0 Å². The molecule has 2 aliphatic heterocycles. The number of hydrogen-bond donors (Lipinski definition) is 1. The van der Waals surface area contributed by atoms with E-state index in [1.165, 1.54) is 5.56 Å². The molecule has 6 heteroatoms. The van der Waals surface area contributed by atoms with Crippen molar-refractivity contribution in [2.45, 2.75) is 25.2 Å². The molecule has 4 rings (SSSR count). The van der Waals surface area contributed by atoms with Gasteiger partial charge in [-0.1, -0.05) is 24.3 Å². The first kappa shape index (κ1) is 19.3. The van der Waals surface area contributed by atoms with E-state index in [-0.39, 0.29) is 11.8 Å². The maximum absolute atomic E-state index is 12.6. The number of carbonyl (C=O) groups excluding carboxylic acids is 2. The third-order valence-electron chi connectivity index (χ3n) is 5.76. The van der Waals surface area contributed by atoms with Gasteiger partial charge in [-0.2, -0.15) is 0 Å². The van der Waals surface area contributed by atoms with Crippen molar-refractivity contribution >= 4 is 23.2 Å². The maximum Gasteiger partial charge on any atom is 0.243 e. The van der Waals surface area contributed by atoms with Gasteiger partial charge in [0.1, 0.15) is 5.75 Å². The molecule has 0 aromatic heterocycles. The molecule has 6 nitrogen and oxygen atoms in total. The van der Waals surface area contributed by atoms with Crippen LogP contribution in [0.4, 0.5) is 11.4 Å². The zero-order valence-electron chi connectivity index (χ0n) is 16.8.